The van der Waals surface area contributed by atoms with E-state index in [1.165, 1.54) is 0 Å². The highest BCUT2D eigenvalue weighted by molar-refractivity contribution is 5.98. The SMILES string of the molecule is CCNC(=O)CCOc1cccc(C(C)=NO)c1. The topological polar surface area (TPSA) is 70.9 Å². The number of oxime groups is 1. The molecule has 5 nitrogen and oxygen atoms in total. The molecule has 2 N–H and O–H groups in total. The highest BCUT2D eigenvalue weighted by atomic mass is 16.5. The van der Waals surface area contributed by atoms with E-state index in [0.29, 0.717) is 31.0 Å². The molecule has 1 rings (SSSR count). The maximum absolute atomic E-state index is 11.2. The Morgan fingerprint density at radius 3 is 2.94 bits per heavy atom. The third-order valence-corrected chi connectivity index (χ3v) is 2.37. The molecule has 0 aromatic heterocycles. The Balaban J connectivity index is 2.50. The second-order valence-corrected chi connectivity index (χ2v) is 3.77. The van der Waals surface area contributed by atoms with Crippen molar-refractivity contribution in [3.63, 3.8) is 0 Å². The van der Waals surface area contributed by atoms with Gasteiger partial charge < -0.3 is 15.3 Å². The Morgan fingerprint density at radius 2 is 2.28 bits per heavy atom. The van der Waals surface area contributed by atoms with Crippen molar-refractivity contribution in [2.75, 3.05) is 13.2 Å². The monoisotopic (exact) mass is 250 g/mol. The number of ether oxygens (including phenoxy) is 1. The summed E-state index contributed by atoms with van der Waals surface area (Å²) >= 11 is 0. The molecule has 0 aliphatic rings. The molecule has 0 fully saturated rings. The van der Waals surface area contributed by atoms with E-state index < -0.39 is 0 Å². The van der Waals surface area contributed by atoms with Gasteiger partial charge in [0.25, 0.3) is 0 Å². The van der Waals surface area contributed by atoms with Crippen molar-refractivity contribution < 1.29 is 14.7 Å². The number of hydrogen-bond acceptors (Lipinski definition) is 4. The molecular weight excluding hydrogens is 232 g/mol. The summed E-state index contributed by atoms with van der Waals surface area (Å²) in [5, 5.41) is 14.5. The highest BCUT2D eigenvalue weighted by Crippen LogP contribution is 2.14. The quantitative estimate of drug-likeness (QED) is 0.459. The van der Waals surface area contributed by atoms with Crippen LogP contribution in [-0.2, 0) is 4.79 Å². The van der Waals surface area contributed by atoms with Crippen molar-refractivity contribution in [1.29, 1.82) is 0 Å². The normalized spacial score (nSPS) is 11.1. The maximum Gasteiger partial charge on any atom is 0.223 e. The number of benzene rings is 1. The van der Waals surface area contributed by atoms with E-state index in [-0.39, 0.29) is 5.91 Å². The molecule has 0 spiro atoms. The first-order valence-corrected chi connectivity index (χ1v) is 5.86. The molecule has 0 heterocycles. The van der Waals surface area contributed by atoms with Gasteiger partial charge in [0.1, 0.15) is 5.75 Å². The Hall–Kier alpha value is -2.04. The molecule has 98 valence electrons. The van der Waals surface area contributed by atoms with Crippen molar-refractivity contribution in [2.45, 2.75) is 20.3 Å². The maximum atomic E-state index is 11.2. The van der Waals surface area contributed by atoms with Gasteiger partial charge in [-0.2, -0.15) is 0 Å². The van der Waals surface area contributed by atoms with Crippen LogP contribution < -0.4 is 10.1 Å². The third-order valence-electron chi connectivity index (χ3n) is 2.37. The lowest BCUT2D eigenvalue weighted by Gasteiger charge is -2.07. The molecule has 1 aromatic carbocycles. The number of nitrogens with one attached hydrogen (secondary N) is 1. The van der Waals surface area contributed by atoms with Gasteiger partial charge in [-0.15, -0.1) is 0 Å². The van der Waals surface area contributed by atoms with E-state index in [0.717, 1.165) is 5.56 Å². The highest BCUT2D eigenvalue weighted by Gasteiger charge is 2.02. The molecular formula is C13H18N2O3. The van der Waals surface area contributed by atoms with Crippen LogP contribution in [0.1, 0.15) is 25.8 Å². The summed E-state index contributed by atoms with van der Waals surface area (Å²) in [5.74, 6) is 0.626. The average molecular weight is 250 g/mol. The molecule has 0 saturated heterocycles. The van der Waals surface area contributed by atoms with Gasteiger partial charge in [0.15, 0.2) is 0 Å². The molecule has 0 aliphatic heterocycles. The van der Waals surface area contributed by atoms with E-state index in [2.05, 4.69) is 10.5 Å². The predicted molar refractivity (Wildman–Crippen MR) is 69.2 cm³/mol. The smallest absolute Gasteiger partial charge is 0.223 e. The van der Waals surface area contributed by atoms with Gasteiger partial charge in [0.2, 0.25) is 5.91 Å². The van der Waals surface area contributed by atoms with Crippen molar-refractivity contribution in [2.24, 2.45) is 5.16 Å². The van der Waals surface area contributed by atoms with Crippen molar-refractivity contribution >= 4 is 11.6 Å². The molecule has 5 heteroatoms. The van der Waals surface area contributed by atoms with E-state index in [4.69, 9.17) is 9.94 Å². The molecule has 0 bridgehead atoms. The minimum Gasteiger partial charge on any atom is -0.493 e. The Kier molecular flexibility index (Phi) is 5.70. The lowest BCUT2D eigenvalue weighted by atomic mass is 10.1. The summed E-state index contributed by atoms with van der Waals surface area (Å²) in [6, 6.07) is 7.20. The molecule has 1 amide bonds. The van der Waals surface area contributed by atoms with Gasteiger partial charge in [-0.05, 0) is 26.0 Å². The summed E-state index contributed by atoms with van der Waals surface area (Å²) in [4.78, 5) is 11.2. The molecule has 0 unspecified atom stereocenters. The van der Waals surface area contributed by atoms with E-state index in [1.54, 1.807) is 19.1 Å². The molecule has 0 radical (unpaired) electrons. The van der Waals surface area contributed by atoms with Gasteiger partial charge in [0, 0.05) is 12.1 Å². The molecule has 0 atom stereocenters. The first kappa shape index (κ1) is 14.0. The van der Waals surface area contributed by atoms with Gasteiger partial charge in [-0.25, -0.2) is 0 Å². The van der Waals surface area contributed by atoms with Crippen LogP contribution in [-0.4, -0.2) is 30.0 Å². The zero-order valence-electron chi connectivity index (χ0n) is 10.6. The third kappa shape index (κ3) is 4.45. The summed E-state index contributed by atoms with van der Waals surface area (Å²) < 4.78 is 5.46. The van der Waals surface area contributed by atoms with Crippen LogP contribution in [0, 0.1) is 0 Å². The van der Waals surface area contributed by atoms with Gasteiger partial charge in [-0.3, -0.25) is 4.79 Å². The van der Waals surface area contributed by atoms with E-state index >= 15 is 0 Å². The van der Waals surface area contributed by atoms with Crippen LogP contribution in [0.3, 0.4) is 0 Å². The summed E-state index contributed by atoms with van der Waals surface area (Å²) in [7, 11) is 0. The van der Waals surface area contributed by atoms with Gasteiger partial charge >= 0.3 is 0 Å². The lowest BCUT2D eigenvalue weighted by Crippen LogP contribution is -2.24. The van der Waals surface area contributed by atoms with Crippen molar-refractivity contribution in [3.05, 3.63) is 29.8 Å². The first-order valence-electron chi connectivity index (χ1n) is 5.86. The fraction of sp³-hybridized carbons (Fsp3) is 0.385. The number of amides is 1. The van der Waals surface area contributed by atoms with Crippen LogP contribution in [0.4, 0.5) is 0 Å². The Labute approximate surface area is 106 Å². The minimum absolute atomic E-state index is 0.0262. The molecule has 1 aromatic rings. The number of carbonyl (C=O) groups is 1. The predicted octanol–water partition coefficient (Wildman–Crippen LogP) is 1.79. The van der Waals surface area contributed by atoms with Gasteiger partial charge in [0.05, 0.1) is 18.7 Å². The summed E-state index contributed by atoms with van der Waals surface area (Å²) in [5.41, 5.74) is 1.30. The standard InChI is InChI=1S/C13H18N2O3/c1-3-14-13(16)7-8-18-12-6-4-5-11(9-12)10(2)15-17/h4-6,9,17H,3,7-8H2,1-2H3,(H,14,16). The number of nitrogens with zero attached hydrogens (tertiary/aromatic N) is 1. The second-order valence-electron chi connectivity index (χ2n) is 3.77. The summed E-state index contributed by atoms with van der Waals surface area (Å²) in [6.07, 6.45) is 0.325. The van der Waals surface area contributed by atoms with Crippen LogP contribution in [0.25, 0.3) is 0 Å². The van der Waals surface area contributed by atoms with Crippen LogP contribution in [0.5, 0.6) is 5.75 Å². The number of carbonyl (C=O) groups excluding carboxylic acids is 1. The lowest BCUT2D eigenvalue weighted by molar-refractivity contribution is -0.121. The summed E-state index contributed by atoms with van der Waals surface area (Å²) in [6.45, 7) is 4.53. The average Bonchev–Trinajstić information content (AvgIpc) is 2.38. The minimum atomic E-state index is -0.0262. The van der Waals surface area contributed by atoms with Crippen LogP contribution in [0.15, 0.2) is 29.4 Å². The molecule has 0 aliphatic carbocycles. The molecule has 18 heavy (non-hydrogen) atoms. The van der Waals surface area contributed by atoms with Crippen LogP contribution in [0.2, 0.25) is 0 Å². The number of hydrogen-bond donors (Lipinski definition) is 2. The number of rotatable bonds is 6. The Morgan fingerprint density at radius 1 is 1.50 bits per heavy atom. The largest absolute Gasteiger partial charge is 0.493 e. The van der Waals surface area contributed by atoms with E-state index in [1.807, 2.05) is 19.1 Å². The van der Waals surface area contributed by atoms with Crippen molar-refractivity contribution in [3.8, 4) is 5.75 Å². The van der Waals surface area contributed by atoms with Crippen molar-refractivity contribution in [1.82, 2.24) is 5.32 Å². The fourth-order valence-corrected chi connectivity index (χ4v) is 1.42. The fourth-order valence-electron chi connectivity index (χ4n) is 1.42. The zero-order chi connectivity index (χ0) is 13.4. The first-order chi connectivity index (χ1) is 8.67. The molecule has 0 saturated carbocycles. The van der Waals surface area contributed by atoms with Gasteiger partial charge in [-0.1, -0.05) is 17.3 Å². The second kappa shape index (κ2) is 7.32. The Bertz CT molecular complexity index is 430. The van der Waals surface area contributed by atoms with E-state index in [9.17, 15) is 4.79 Å². The zero-order valence-corrected chi connectivity index (χ0v) is 10.6. The van der Waals surface area contributed by atoms with Crippen LogP contribution >= 0.6 is 0 Å².